The second kappa shape index (κ2) is 9.83. The second-order valence-electron chi connectivity index (χ2n) is 5.02. The molecule has 23 heavy (non-hydrogen) atoms. The van der Waals surface area contributed by atoms with E-state index >= 15 is 0 Å². The van der Waals surface area contributed by atoms with Gasteiger partial charge in [-0.05, 0) is 36.6 Å². The number of benzene rings is 2. The molecule has 0 aliphatic heterocycles. The molecule has 2 aromatic rings. The molecule has 0 saturated heterocycles. The normalized spacial score (nSPS) is 11.3. The van der Waals surface area contributed by atoms with Gasteiger partial charge in [-0.3, -0.25) is 0 Å². The van der Waals surface area contributed by atoms with Crippen LogP contribution < -0.4 is 40.0 Å². The zero-order valence-corrected chi connectivity index (χ0v) is 15.7. The Morgan fingerprint density at radius 1 is 1.22 bits per heavy atom. The van der Waals surface area contributed by atoms with E-state index < -0.39 is 5.97 Å². The molecule has 4 nitrogen and oxygen atoms in total. The summed E-state index contributed by atoms with van der Waals surface area (Å²) in [5, 5.41) is 23.3. The first-order valence-corrected chi connectivity index (χ1v) is 7.46. The Hall–Kier alpha value is -1.20. The number of carbonyl (C=O) groups is 1. The van der Waals surface area contributed by atoms with Crippen molar-refractivity contribution in [3.8, 4) is 5.75 Å². The Bertz CT molecular complexity index is 637. The Balaban J connectivity index is 0.00000264. The number of aryl methyl sites for hydroxylation is 1. The molecule has 0 heterocycles. The number of carboxylic acids is 1. The van der Waals surface area contributed by atoms with Gasteiger partial charge in [0.25, 0.3) is 0 Å². The van der Waals surface area contributed by atoms with Gasteiger partial charge in [-0.2, -0.15) is 0 Å². The summed E-state index contributed by atoms with van der Waals surface area (Å²) in [6, 6.07) is 14.3. The van der Waals surface area contributed by atoms with Crippen LogP contribution >= 0.6 is 11.6 Å². The molecule has 2 aromatic carbocycles. The van der Waals surface area contributed by atoms with E-state index in [1.165, 1.54) is 17.7 Å². The molecule has 2 N–H and O–H groups in total. The van der Waals surface area contributed by atoms with Crippen molar-refractivity contribution in [2.24, 2.45) is 0 Å². The Morgan fingerprint density at radius 3 is 2.57 bits per heavy atom. The van der Waals surface area contributed by atoms with E-state index in [-0.39, 0.29) is 46.2 Å². The monoisotopic (exact) mass is 341 g/mol. The van der Waals surface area contributed by atoms with E-state index in [1.807, 2.05) is 18.2 Å². The number of alkyl halides is 1. The van der Waals surface area contributed by atoms with E-state index in [4.69, 9.17) is 11.6 Å². The van der Waals surface area contributed by atoms with Crippen LogP contribution in [0.25, 0.3) is 0 Å². The van der Waals surface area contributed by atoms with Gasteiger partial charge >= 0.3 is 29.6 Å². The number of phenols is 1. The van der Waals surface area contributed by atoms with Gasteiger partial charge in [-0.15, -0.1) is 11.6 Å². The predicted octanol–water partition coefficient (Wildman–Crippen LogP) is -0.588. The van der Waals surface area contributed by atoms with Crippen molar-refractivity contribution in [3.63, 3.8) is 0 Å². The molecule has 1 atom stereocenters. The van der Waals surface area contributed by atoms with Crippen LogP contribution in [0.15, 0.2) is 48.5 Å². The molecule has 0 aliphatic carbocycles. The fourth-order valence-electron chi connectivity index (χ4n) is 2.11. The summed E-state index contributed by atoms with van der Waals surface area (Å²) in [6.45, 7) is 0.506. The van der Waals surface area contributed by atoms with E-state index in [0.717, 1.165) is 12.8 Å². The quantitative estimate of drug-likeness (QED) is 0.401. The number of hydrogen-bond acceptors (Lipinski definition) is 4. The topological polar surface area (TPSA) is 72.4 Å². The van der Waals surface area contributed by atoms with Gasteiger partial charge in [0, 0.05) is 17.8 Å². The van der Waals surface area contributed by atoms with Crippen molar-refractivity contribution in [2.45, 2.75) is 18.2 Å². The van der Waals surface area contributed by atoms with Crippen LogP contribution in [0, 0.1) is 0 Å². The molecule has 0 aliphatic rings. The summed E-state index contributed by atoms with van der Waals surface area (Å²) in [6.07, 6.45) is 1.69. The van der Waals surface area contributed by atoms with E-state index in [2.05, 4.69) is 17.4 Å². The minimum Gasteiger partial charge on any atom is -0.545 e. The van der Waals surface area contributed by atoms with Gasteiger partial charge in [-0.25, -0.2) is 0 Å². The summed E-state index contributed by atoms with van der Waals surface area (Å²) < 4.78 is 0. The third-order valence-corrected chi connectivity index (χ3v) is 3.71. The first-order valence-electron chi connectivity index (χ1n) is 7.02. The number of nitrogens with one attached hydrogen (secondary N) is 1. The summed E-state index contributed by atoms with van der Waals surface area (Å²) in [5.74, 6) is -1.72. The zero-order valence-electron chi connectivity index (χ0n) is 13.0. The number of aromatic carboxylic acids is 1. The molecule has 116 valence electrons. The van der Waals surface area contributed by atoms with Gasteiger partial charge in [0.2, 0.25) is 0 Å². The fourth-order valence-corrected chi connectivity index (χ4v) is 2.29. The fraction of sp³-hybridized carbons (Fsp3) is 0.235. The van der Waals surface area contributed by atoms with Gasteiger partial charge in [0.05, 0.1) is 11.3 Å². The van der Waals surface area contributed by atoms with Crippen molar-refractivity contribution >= 4 is 23.3 Å². The minimum atomic E-state index is -1.41. The van der Waals surface area contributed by atoms with Crippen LogP contribution in [0.2, 0.25) is 0 Å². The van der Waals surface area contributed by atoms with E-state index in [1.54, 1.807) is 6.07 Å². The molecule has 1 unspecified atom stereocenters. The third-order valence-electron chi connectivity index (χ3n) is 3.33. The standard InChI is InChI=1S/C17H18ClNO3.Na/c18-13(7-6-12-4-2-1-3-5-12)11-19-14-8-9-16(20)15(10-14)17(21)22;/h1-5,8-10,13,19-20H,6-7,11H2,(H,21,22);/q;+1/p-1. The molecule has 0 radical (unpaired) electrons. The van der Waals surface area contributed by atoms with Crippen LogP contribution in [-0.4, -0.2) is 23.0 Å². The molecule has 2 rings (SSSR count). The number of rotatable bonds is 7. The van der Waals surface area contributed by atoms with Crippen LogP contribution in [0.5, 0.6) is 5.75 Å². The van der Waals surface area contributed by atoms with Gasteiger partial charge in [-0.1, -0.05) is 30.3 Å². The van der Waals surface area contributed by atoms with Gasteiger partial charge in [0.1, 0.15) is 5.75 Å². The van der Waals surface area contributed by atoms with Crippen LogP contribution in [0.3, 0.4) is 0 Å². The maximum absolute atomic E-state index is 10.8. The molecule has 6 heteroatoms. The summed E-state index contributed by atoms with van der Waals surface area (Å²) in [7, 11) is 0. The maximum atomic E-state index is 10.8. The number of anilines is 1. The molecule has 0 bridgehead atoms. The summed E-state index contributed by atoms with van der Waals surface area (Å²) >= 11 is 6.27. The predicted molar refractivity (Wildman–Crippen MR) is 85.3 cm³/mol. The number of hydrogen-bond donors (Lipinski definition) is 2. The average molecular weight is 342 g/mol. The number of carboxylic acid groups (broad SMARTS) is 1. The van der Waals surface area contributed by atoms with Crippen LogP contribution in [0.1, 0.15) is 22.3 Å². The third kappa shape index (κ3) is 6.43. The van der Waals surface area contributed by atoms with E-state index in [0.29, 0.717) is 12.2 Å². The molecular formula is C17H17ClNNaO3. The Kier molecular flexibility index (Phi) is 8.48. The van der Waals surface area contributed by atoms with Gasteiger partial charge < -0.3 is 20.3 Å². The Labute approximate surface area is 162 Å². The number of carbonyl (C=O) groups excluding carboxylic acids is 1. The first-order chi connectivity index (χ1) is 10.6. The zero-order chi connectivity index (χ0) is 15.9. The summed E-state index contributed by atoms with van der Waals surface area (Å²) in [4.78, 5) is 10.8. The first kappa shape index (κ1) is 19.8. The summed E-state index contributed by atoms with van der Waals surface area (Å²) in [5.41, 5.74) is 1.58. The van der Waals surface area contributed by atoms with Gasteiger partial charge in [0.15, 0.2) is 0 Å². The van der Waals surface area contributed by atoms with Crippen LogP contribution in [-0.2, 0) is 6.42 Å². The second-order valence-corrected chi connectivity index (χ2v) is 5.64. The van der Waals surface area contributed by atoms with Crippen LogP contribution in [0.4, 0.5) is 5.69 Å². The molecule has 0 spiro atoms. The molecule has 0 saturated carbocycles. The Morgan fingerprint density at radius 2 is 1.91 bits per heavy atom. The molecule has 0 amide bonds. The molecule has 0 aromatic heterocycles. The number of aromatic hydroxyl groups is 1. The van der Waals surface area contributed by atoms with Crippen molar-refractivity contribution in [2.75, 3.05) is 11.9 Å². The van der Waals surface area contributed by atoms with Crippen molar-refractivity contribution in [1.29, 1.82) is 0 Å². The van der Waals surface area contributed by atoms with E-state index in [9.17, 15) is 15.0 Å². The number of halogens is 1. The minimum absolute atomic E-state index is 0. The SMILES string of the molecule is O=C([O-])c1cc(NCC(Cl)CCc2ccccc2)ccc1O.[Na+]. The largest absolute Gasteiger partial charge is 1.00 e. The van der Waals surface area contributed by atoms with Crippen molar-refractivity contribution in [3.05, 3.63) is 59.7 Å². The maximum Gasteiger partial charge on any atom is 1.00 e. The molecular weight excluding hydrogens is 325 g/mol. The van der Waals surface area contributed by atoms with Crippen molar-refractivity contribution < 1.29 is 44.6 Å². The average Bonchev–Trinajstić information content (AvgIpc) is 2.53. The smallest absolute Gasteiger partial charge is 0.545 e. The molecule has 0 fully saturated rings. The van der Waals surface area contributed by atoms with Crippen molar-refractivity contribution in [1.82, 2.24) is 0 Å².